The largest absolute Gasteiger partial charge is 0.353 e. The van der Waals surface area contributed by atoms with E-state index in [1.807, 2.05) is 13.8 Å². The maximum atomic E-state index is 12.4. The quantitative estimate of drug-likeness (QED) is 0.520. The summed E-state index contributed by atoms with van der Waals surface area (Å²) in [5, 5.41) is 2.83. The van der Waals surface area contributed by atoms with Gasteiger partial charge in [-0.15, -0.1) is 0 Å². The lowest BCUT2D eigenvalue weighted by Gasteiger charge is -2.18. The topological polar surface area (TPSA) is 66.5 Å². The Kier molecular flexibility index (Phi) is 8.71. The molecule has 0 aliphatic rings. The zero-order chi connectivity index (χ0) is 18.0. The summed E-state index contributed by atoms with van der Waals surface area (Å²) in [7, 11) is -3.44. The molecule has 1 aromatic rings. The fourth-order valence-electron chi connectivity index (χ4n) is 2.28. The van der Waals surface area contributed by atoms with Crippen LogP contribution in [0.15, 0.2) is 35.2 Å². The molecule has 0 atom stereocenters. The summed E-state index contributed by atoms with van der Waals surface area (Å²) in [6.45, 7) is 7.32. The molecule has 0 radical (unpaired) electrons. The predicted octanol–water partition coefficient (Wildman–Crippen LogP) is 3.04. The second-order valence-corrected chi connectivity index (χ2v) is 7.43. The van der Waals surface area contributed by atoms with Crippen LogP contribution in [0, 0.1) is 0 Å². The van der Waals surface area contributed by atoms with E-state index in [4.69, 9.17) is 0 Å². The Morgan fingerprint density at radius 1 is 1.08 bits per heavy atom. The van der Waals surface area contributed by atoms with E-state index in [1.54, 1.807) is 30.3 Å². The van der Waals surface area contributed by atoms with Crippen LogP contribution in [0.4, 0.5) is 0 Å². The summed E-state index contributed by atoms with van der Waals surface area (Å²) in [4.78, 5) is 11.9. The van der Waals surface area contributed by atoms with Crippen molar-refractivity contribution < 1.29 is 13.2 Å². The highest BCUT2D eigenvalue weighted by Crippen LogP contribution is 2.16. The van der Waals surface area contributed by atoms with Gasteiger partial charge in [-0.25, -0.2) is 8.42 Å². The van der Waals surface area contributed by atoms with Gasteiger partial charge < -0.3 is 5.32 Å². The second-order valence-electron chi connectivity index (χ2n) is 5.49. The van der Waals surface area contributed by atoms with E-state index in [2.05, 4.69) is 12.2 Å². The number of unbranched alkanes of at least 4 members (excludes halogenated alkanes) is 2. The number of amides is 1. The van der Waals surface area contributed by atoms with Gasteiger partial charge in [-0.2, -0.15) is 4.31 Å². The number of sulfonamides is 1. The number of benzene rings is 1. The molecule has 1 rings (SSSR count). The van der Waals surface area contributed by atoms with Crippen LogP contribution in [-0.2, 0) is 14.8 Å². The smallest absolute Gasteiger partial charge is 0.243 e. The molecule has 24 heavy (non-hydrogen) atoms. The minimum atomic E-state index is -3.44. The van der Waals surface area contributed by atoms with Crippen LogP contribution in [0.3, 0.4) is 0 Å². The lowest BCUT2D eigenvalue weighted by molar-refractivity contribution is -0.116. The molecule has 5 nitrogen and oxygen atoms in total. The maximum Gasteiger partial charge on any atom is 0.243 e. The van der Waals surface area contributed by atoms with E-state index in [1.165, 1.54) is 10.4 Å². The molecule has 0 aliphatic heterocycles. The molecule has 0 bridgehead atoms. The van der Waals surface area contributed by atoms with Gasteiger partial charge in [0.15, 0.2) is 0 Å². The van der Waals surface area contributed by atoms with Gasteiger partial charge in [0.25, 0.3) is 0 Å². The Morgan fingerprint density at radius 3 is 2.25 bits per heavy atom. The molecule has 0 spiro atoms. The van der Waals surface area contributed by atoms with Crippen molar-refractivity contribution >= 4 is 22.0 Å². The van der Waals surface area contributed by atoms with E-state index < -0.39 is 10.0 Å². The predicted molar refractivity (Wildman–Crippen MR) is 98.1 cm³/mol. The summed E-state index contributed by atoms with van der Waals surface area (Å²) >= 11 is 0. The fraction of sp³-hybridized carbons (Fsp3) is 0.500. The highest BCUT2D eigenvalue weighted by Gasteiger charge is 2.20. The van der Waals surface area contributed by atoms with Gasteiger partial charge in [0, 0.05) is 25.7 Å². The van der Waals surface area contributed by atoms with Crippen LogP contribution in [0.1, 0.15) is 45.6 Å². The van der Waals surface area contributed by atoms with E-state index in [0.29, 0.717) is 19.6 Å². The molecule has 0 aliphatic carbocycles. The number of carbonyl (C=O) groups excluding carboxylic acids is 1. The van der Waals surface area contributed by atoms with E-state index >= 15 is 0 Å². The molecular weight excluding hydrogens is 324 g/mol. The number of nitrogens with one attached hydrogen (secondary N) is 1. The Balaban J connectivity index is 2.68. The van der Waals surface area contributed by atoms with Gasteiger partial charge in [-0.1, -0.05) is 45.7 Å². The third kappa shape index (κ3) is 6.09. The number of carbonyl (C=O) groups is 1. The van der Waals surface area contributed by atoms with Gasteiger partial charge in [-0.05, 0) is 30.2 Å². The third-order valence-electron chi connectivity index (χ3n) is 3.73. The average Bonchev–Trinajstić information content (AvgIpc) is 2.58. The SMILES string of the molecule is CCCCCNC(=O)/C=C/c1ccc(S(=O)(=O)N(CC)CC)cc1. The minimum Gasteiger partial charge on any atom is -0.353 e. The lowest BCUT2D eigenvalue weighted by Crippen LogP contribution is -2.30. The highest BCUT2D eigenvalue weighted by molar-refractivity contribution is 7.89. The molecular formula is C18H28N2O3S. The average molecular weight is 353 g/mol. The Labute approximate surface area is 145 Å². The van der Waals surface area contributed by atoms with Crippen molar-refractivity contribution in [2.75, 3.05) is 19.6 Å². The zero-order valence-corrected chi connectivity index (χ0v) is 15.6. The van der Waals surface area contributed by atoms with Crippen LogP contribution in [0.5, 0.6) is 0 Å². The Morgan fingerprint density at radius 2 is 1.71 bits per heavy atom. The van der Waals surface area contributed by atoms with Crippen molar-refractivity contribution in [1.29, 1.82) is 0 Å². The van der Waals surface area contributed by atoms with Crippen molar-refractivity contribution in [3.8, 4) is 0 Å². The molecule has 0 saturated heterocycles. The molecule has 0 saturated carbocycles. The van der Waals surface area contributed by atoms with E-state index in [0.717, 1.165) is 24.8 Å². The Bertz CT molecular complexity index is 633. The number of hydrogen-bond donors (Lipinski definition) is 1. The summed E-state index contributed by atoms with van der Waals surface area (Å²) in [6.07, 6.45) is 6.36. The second kappa shape index (κ2) is 10.3. The van der Waals surface area contributed by atoms with Gasteiger partial charge >= 0.3 is 0 Å². The first-order valence-electron chi connectivity index (χ1n) is 8.51. The van der Waals surface area contributed by atoms with Gasteiger partial charge in [0.1, 0.15) is 0 Å². The molecule has 0 fully saturated rings. The number of nitrogens with zero attached hydrogens (tertiary/aromatic N) is 1. The standard InChI is InChI=1S/C18H28N2O3S/c1-4-7-8-15-19-18(21)14-11-16-9-12-17(13-10-16)24(22,23)20(5-2)6-3/h9-14H,4-8,15H2,1-3H3,(H,19,21)/b14-11+. The summed E-state index contributed by atoms with van der Waals surface area (Å²) in [6, 6.07) is 6.56. The lowest BCUT2D eigenvalue weighted by atomic mass is 10.2. The van der Waals surface area contributed by atoms with Crippen molar-refractivity contribution in [2.45, 2.75) is 44.9 Å². The molecule has 6 heteroatoms. The van der Waals surface area contributed by atoms with Gasteiger partial charge in [0.2, 0.25) is 15.9 Å². The third-order valence-corrected chi connectivity index (χ3v) is 5.79. The minimum absolute atomic E-state index is 0.133. The van der Waals surface area contributed by atoms with Crippen molar-refractivity contribution in [2.24, 2.45) is 0 Å². The first-order chi connectivity index (χ1) is 11.5. The number of rotatable bonds is 10. The summed E-state index contributed by atoms with van der Waals surface area (Å²) < 4.78 is 26.2. The molecule has 0 unspecified atom stereocenters. The van der Waals surface area contributed by atoms with Crippen LogP contribution >= 0.6 is 0 Å². The van der Waals surface area contributed by atoms with Crippen molar-refractivity contribution in [3.05, 3.63) is 35.9 Å². The highest BCUT2D eigenvalue weighted by atomic mass is 32.2. The van der Waals surface area contributed by atoms with Gasteiger partial charge in [0.05, 0.1) is 4.90 Å². The van der Waals surface area contributed by atoms with Crippen LogP contribution in [0.25, 0.3) is 6.08 Å². The molecule has 1 aromatic carbocycles. The summed E-state index contributed by atoms with van der Waals surface area (Å²) in [5.74, 6) is -0.133. The monoisotopic (exact) mass is 352 g/mol. The molecule has 0 heterocycles. The van der Waals surface area contributed by atoms with Crippen LogP contribution < -0.4 is 5.32 Å². The normalized spacial score (nSPS) is 12.0. The van der Waals surface area contributed by atoms with Crippen molar-refractivity contribution in [1.82, 2.24) is 9.62 Å². The van der Waals surface area contributed by atoms with E-state index in [-0.39, 0.29) is 10.8 Å². The van der Waals surface area contributed by atoms with Crippen molar-refractivity contribution in [3.63, 3.8) is 0 Å². The number of hydrogen-bond acceptors (Lipinski definition) is 3. The van der Waals surface area contributed by atoms with Crippen LogP contribution in [-0.4, -0.2) is 38.3 Å². The maximum absolute atomic E-state index is 12.4. The zero-order valence-electron chi connectivity index (χ0n) is 14.8. The molecule has 1 N–H and O–H groups in total. The first-order valence-corrected chi connectivity index (χ1v) is 9.95. The summed E-state index contributed by atoms with van der Waals surface area (Å²) in [5.41, 5.74) is 0.789. The van der Waals surface area contributed by atoms with Crippen LogP contribution in [0.2, 0.25) is 0 Å². The fourth-order valence-corrected chi connectivity index (χ4v) is 3.74. The molecule has 0 aromatic heterocycles. The van der Waals surface area contributed by atoms with E-state index in [9.17, 15) is 13.2 Å². The molecule has 134 valence electrons. The first kappa shape index (κ1) is 20.4. The Hall–Kier alpha value is -1.66. The van der Waals surface area contributed by atoms with Gasteiger partial charge in [-0.3, -0.25) is 4.79 Å². The molecule has 1 amide bonds.